The molecule has 0 N–H and O–H groups in total. The summed E-state index contributed by atoms with van der Waals surface area (Å²) in [4.78, 5) is 9.38. The Hall–Kier alpha value is -3.52. The van der Waals surface area contributed by atoms with Crippen LogP contribution in [0.3, 0.4) is 0 Å². The van der Waals surface area contributed by atoms with E-state index in [0.717, 1.165) is 27.5 Å². The molecule has 0 saturated carbocycles. The van der Waals surface area contributed by atoms with E-state index < -0.39 is 0 Å². The van der Waals surface area contributed by atoms with Gasteiger partial charge in [-0.1, -0.05) is 80.9 Å². The smallest absolute Gasteiger partial charge is 0.116 e. The molecule has 0 aliphatic heterocycles. The Morgan fingerprint density at radius 2 is 1.42 bits per heavy atom. The van der Waals surface area contributed by atoms with Crippen molar-refractivity contribution in [1.29, 1.82) is 0 Å². The van der Waals surface area contributed by atoms with Crippen LogP contribution in [0.25, 0.3) is 44.1 Å². The Kier molecular flexibility index (Phi) is 4.59. The molecule has 0 fully saturated rings. The molecule has 5 aromatic rings. The Morgan fingerprint density at radius 3 is 2.19 bits per heavy atom. The van der Waals surface area contributed by atoms with Gasteiger partial charge in [-0.25, -0.2) is 9.97 Å². The van der Waals surface area contributed by atoms with Crippen molar-refractivity contribution in [3.8, 4) is 22.4 Å². The van der Waals surface area contributed by atoms with Crippen molar-refractivity contribution in [2.75, 3.05) is 0 Å². The van der Waals surface area contributed by atoms with E-state index in [-0.39, 0.29) is 5.41 Å². The molecule has 5 rings (SSSR count). The Morgan fingerprint density at radius 1 is 0.645 bits per heavy atom. The van der Waals surface area contributed by atoms with Gasteiger partial charge in [-0.2, -0.15) is 0 Å². The molecule has 0 radical (unpaired) electrons. The van der Waals surface area contributed by atoms with Crippen LogP contribution in [0.5, 0.6) is 0 Å². The quantitative estimate of drug-likeness (QED) is 0.282. The zero-order valence-corrected chi connectivity index (χ0v) is 18.5. The summed E-state index contributed by atoms with van der Waals surface area (Å²) >= 11 is 0. The maximum absolute atomic E-state index is 4.70. The molecule has 0 amide bonds. The molecule has 2 nitrogen and oxygen atoms in total. The number of benzene rings is 4. The monoisotopic (exact) mass is 402 g/mol. The van der Waals surface area contributed by atoms with Gasteiger partial charge in [0.2, 0.25) is 0 Å². The van der Waals surface area contributed by atoms with Gasteiger partial charge in [0.25, 0.3) is 0 Å². The van der Waals surface area contributed by atoms with Gasteiger partial charge in [-0.3, -0.25) is 0 Å². The van der Waals surface area contributed by atoms with E-state index in [4.69, 9.17) is 4.98 Å². The first-order valence-electron chi connectivity index (χ1n) is 10.8. The fraction of sp³-hybridized carbons (Fsp3) is 0.172. The average molecular weight is 403 g/mol. The minimum atomic E-state index is 0.0874. The van der Waals surface area contributed by atoms with E-state index in [0.29, 0.717) is 0 Å². The number of rotatable bonds is 2. The summed E-state index contributed by atoms with van der Waals surface area (Å²) in [5.74, 6) is 0. The highest BCUT2D eigenvalue weighted by molar-refractivity contribution is 6.09. The number of aryl methyl sites for hydroxylation is 1. The average Bonchev–Trinajstić information content (AvgIpc) is 2.77. The van der Waals surface area contributed by atoms with Gasteiger partial charge in [0.05, 0.1) is 11.2 Å². The number of hydrogen-bond acceptors (Lipinski definition) is 2. The lowest BCUT2D eigenvalue weighted by Gasteiger charge is -2.21. The second-order valence-corrected chi connectivity index (χ2v) is 9.32. The second-order valence-electron chi connectivity index (χ2n) is 9.32. The fourth-order valence-electron chi connectivity index (χ4n) is 4.25. The van der Waals surface area contributed by atoms with E-state index in [1.54, 1.807) is 6.33 Å². The van der Waals surface area contributed by atoms with E-state index in [9.17, 15) is 0 Å². The molecule has 4 aromatic carbocycles. The third kappa shape index (κ3) is 3.59. The first kappa shape index (κ1) is 19.4. The summed E-state index contributed by atoms with van der Waals surface area (Å²) in [5.41, 5.74) is 8.25. The van der Waals surface area contributed by atoms with Crippen LogP contribution < -0.4 is 0 Å². The van der Waals surface area contributed by atoms with Crippen LogP contribution in [0.4, 0.5) is 0 Å². The Bertz CT molecular complexity index is 1410. The van der Waals surface area contributed by atoms with Crippen molar-refractivity contribution in [3.05, 3.63) is 96.3 Å². The third-order valence-corrected chi connectivity index (χ3v) is 5.94. The van der Waals surface area contributed by atoms with Gasteiger partial charge in [-0.15, -0.1) is 0 Å². The molecular formula is C29H26N2. The number of aromatic nitrogens is 2. The van der Waals surface area contributed by atoms with Gasteiger partial charge >= 0.3 is 0 Å². The molecule has 0 aliphatic rings. The van der Waals surface area contributed by atoms with E-state index >= 15 is 0 Å². The largest absolute Gasteiger partial charge is 0.236 e. The summed E-state index contributed by atoms with van der Waals surface area (Å²) in [7, 11) is 0. The standard InChI is InChI=1S/C29H26N2/c1-19-14-23(17-24(15-19)29(2,3)4)27-26-13-11-22-16-21(20-8-6-5-7-9-20)10-12-25(22)28(26)31-18-30-27/h5-18H,1-4H3. The second kappa shape index (κ2) is 7.31. The van der Waals surface area contributed by atoms with Crippen LogP contribution in [0.2, 0.25) is 0 Å². The molecule has 0 aliphatic carbocycles. The van der Waals surface area contributed by atoms with Gasteiger partial charge in [-0.05, 0) is 58.7 Å². The number of hydrogen-bond donors (Lipinski definition) is 0. The molecule has 152 valence electrons. The van der Waals surface area contributed by atoms with Gasteiger partial charge in [0.1, 0.15) is 6.33 Å². The summed E-state index contributed by atoms with van der Waals surface area (Å²) in [6.45, 7) is 8.91. The zero-order chi connectivity index (χ0) is 21.6. The molecule has 0 spiro atoms. The van der Waals surface area contributed by atoms with E-state index in [2.05, 4.69) is 105 Å². The van der Waals surface area contributed by atoms with Crippen LogP contribution in [0.1, 0.15) is 31.9 Å². The van der Waals surface area contributed by atoms with Crippen molar-refractivity contribution in [1.82, 2.24) is 9.97 Å². The maximum Gasteiger partial charge on any atom is 0.116 e. The lowest BCUT2D eigenvalue weighted by atomic mass is 9.84. The minimum absolute atomic E-state index is 0.0874. The molecule has 0 atom stereocenters. The predicted octanol–water partition coefficient (Wildman–Crippen LogP) is 7.72. The van der Waals surface area contributed by atoms with Crippen LogP contribution in [0.15, 0.2) is 85.2 Å². The van der Waals surface area contributed by atoms with Crippen molar-refractivity contribution in [2.45, 2.75) is 33.1 Å². The highest BCUT2D eigenvalue weighted by Crippen LogP contribution is 2.34. The lowest BCUT2D eigenvalue weighted by Crippen LogP contribution is -2.11. The normalized spacial score (nSPS) is 11.9. The Labute approximate surface area is 183 Å². The van der Waals surface area contributed by atoms with Crippen molar-refractivity contribution < 1.29 is 0 Å². The van der Waals surface area contributed by atoms with Crippen LogP contribution in [0, 0.1) is 6.92 Å². The molecule has 31 heavy (non-hydrogen) atoms. The molecule has 1 heterocycles. The van der Waals surface area contributed by atoms with Gasteiger partial charge in [0, 0.05) is 16.3 Å². The van der Waals surface area contributed by atoms with Gasteiger partial charge < -0.3 is 0 Å². The molecule has 0 saturated heterocycles. The lowest BCUT2D eigenvalue weighted by molar-refractivity contribution is 0.590. The van der Waals surface area contributed by atoms with Crippen molar-refractivity contribution in [3.63, 3.8) is 0 Å². The maximum atomic E-state index is 4.70. The van der Waals surface area contributed by atoms with Crippen LogP contribution in [-0.2, 0) is 5.41 Å². The summed E-state index contributed by atoms with van der Waals surface area (Å²) < 4.78 is 0. The van der Waals surface area contributed by atoms with Crippen LogP contribution >= 0.6 is 0 Å². The van der Waals surface area contributed by atoms with Crippen LogP contribution in [-0.4, -0.2) is 9.97 Å². The predicted molar refractivity (Wildman–Crippen MR) is 131 cm³/mol. The molecular weight excluding hydrogens is 376 g/mol. The highest BCUT2D eigenvalue weighted by atomic mass is 14.8. The summed E-state index contributed by atoms with van der Waals surface area (Å²) in [5, 5.41) is 3.44. The molecule has 2 heteroatoms. The van der Waals surface area contributed by atoms with E-state index in [1.165, 1.54) is 27.6 Å². The fourth-order valence-corrected chi connectivity index (χ4v) is 4.25. The molecule has 0 bridgehead atoms. The topological polar surface area (TPSA) is 25.8 Å². The first-order valence-corrected chi connectivity index (χ1v) is 10.8. The SMILES string of the molecule is Cc1cc(-c2ncnc3c2ccc2cc(-c4ccccc4)ccc23)cc(C(C)(C)C)c1. The zero-order valence-electron chi connectivity index (χ0n) is 18.5. The summed E-state index contributed by atoms with van der Waals surface area (Å²) in [6.07, 6.45) is 1.70. The number of fused-ring (bicyclic) bond motifs is 3. The molecule has 0 unspecified atom stereocenters. The molecule has 1 aromatic heterocycles. The third-order valence-electron chi connectivity index (χ3n) is 5.94. The highest BCUT2D eigenvalue weighted by Gasteiger charge is 2.17. The van der Waals surface area contributed by atoms with E-state index in [1.807, 2.05) is 6.07 Å². The first-order chi connectivity index (χ1) is 14.9. The van der Waals surface area contributed by atoms with Gasteiger partial charge in [0.15, 0.2) is 0 Å². The number of nitrogens with zero attached hydrogens (tertiary/aromatic N) is 2. The van der Waals surface area contributed by atoms with Crippen molar-refractivity contribution >= 4 is 21.7 Å². The minimum Gasteiger partial charge on any atom is -0.236 e. The summed E-state index contributed by atoms with van der Waals surface area (Å²) in [6, 6.07) is 28.2. The van der Waals surface area contributed by atoms with Crippen molar-refractivity contribution in [2.24, 2.45) is 0 Å². The Balaban J connectivity index is 1.70.